The zero-order chi connectivity index (χ0) is 21.4. The molecule has 0 saturated carbocycles. The van der Waals surface area contributed by atoms with Gasteiger partial charge < -0.3 is 10.1 Å². The molecule has 0 aliphatic heterocycles. The first-order chi connectivity index (χ1) is 13.7. The molecule has 0 aromatic heterocycles. The van der Waals surface area contributed by atoms with Gasteiger partial charge in [-0.15, -0.1) is 0 Å². The number of hydrogen-bond donors (Lipinski definition) is 1. The van der Waals surface area contributed by atoms with Gasteiger partial charge in [0.05, 0.1) is 25.1 Å². The summed E-state index contributed by atoms with van der Waals surface area (Å²) in [5.74, 6) is 0.115. The Hall–Kier alpha value is -2.28. The third kappa shape index (κ3) is 7.93. The van der Waals surface area contributed by atoms with Gasteiger partial charge in [-0.3, -0.25) is 4.79 Å². The average Bonchev–Trinajstić information content (AvgIpc) is 2.62. The Morgan fingerprint density at radius 3 is 2.52 bits per heavy atom. The van der Waals surface area contributed by atoms with Crippen LogP contribution in [0.5, 0.6) is 5.75 Å². The summed E-state index contributed by atoms with van der Waals surface area (Å²) in [6.07, 6.45) is -2.02. The monoisotopic (exact) mass is 469 g/mol. The molecule has 2 aromatic carbocycles. The number of rotatable bonds is 8. The highest BCUT2D eigenvalue weighted by Gasteiger charge is 2.24. The quantitative estimate of drug-likeness (QED) is 0.467. The number of alkyl halides is 3. The second-order valence-electron chi connectivity index (χ2n) is 6.65. The molecule has 0 bridgehead atoms. The van der Waals surface area contributed by atoms with Crippen LogP contribution >= 0.6 is 15.9 Å². The number of nitrogens with one attached hydrogen (secondary N) is 1. The molecule has 7 heteroatoms. The lowest BCUT2D eigenvalue weighted by molar-refractivity contribution is -0.124. The summed E-state index contributed by atoms with van der Waals surface area (Å²) in [4.78, 5) is 12.5. The molecule has 0 fully saturated rings. The number of benzene rings is 2. The molecule has 0 radical (unpaired) electrons. The highest BCUT2D eigenvalue weighted by atomic mass is 79.9. The first kappa shape index (κ1) is 23.0. The van der Waals surface area contributed by atoms with Crippen molar-refractivity contribution in [2.24, 2.45) is 0 Å². The minimum Gasteiger partial charge on any atom is -0.491 e. The van der Waals surface area contributed by atoms with Crippen LogP contribution < -0.4 is 10.1 Å². The molecule has 0 aliphatic rings. The van der Waals surface area contributed by atoms with Gasteiger partial charge in [0.25, 0.3) is 0 Å². The molecule has 0 saturated heterocycles. The molecule has 0 heterocycles. The Bertz CT molecular complexity index is 862. The number of anilines is 1. The first-order valence-corrected chi connectivity index (χ1v) is 10.0. The van der Waals surface area contributed by atoms with Gasteiger partial charge in [-0.05, 0) is 31.0 Å². The summed E-state index contributed by atoms with van der Waals surface area (Å²) in [6, 6.07) is 11.0. The molecule has 3 nitrogen and oxygen atoms in total. The number of aryl methyl sites for hydroxylation is 1. The van der Waals surface area contributed by atoms with Gasteiger partial charge in [0.15, 0.2) is 0 Å². The van der Waals surface area contributed by atoms with Crippen LogP contribution in [0.1, 0.15) is 36.5 Å². The predicted octanol–water partition coefficient (Wildman–Crippen LogP) is 6.69. The van der Waals surface area contributed by atoms with Crippen LogP contribution in [0.25, 0.3) is 6.08 Å². The van der Waals surface area contributed by atoms with E-state index in [1.165, 1.54) is 6.08 Å². The standard InChI is InChI=1S/C22H23BrF3NO2/c1-3-11-29-21-17(5-4-10-22(24,25)26)13-18(23)14-19(21)27-20(28)12-16-8-6-15(2)7-9-16/h4-9,13-14H,3,10-12H2,1-2H3,(H,27,28)/b5-4+. The van der Waals surface area contributed by atoms with Crippen molar-refractivity contribution in [1.29, 1.82) is 0 Å². The fourth-order valence-electron chi connectivity index (χ4n) is 2.60. The maximum absolute atomic E-state index is 12.5. The minimum atomic E-state index is -4.28. The predicted molar refractivity (Wildman–Crippen MR) is 113 cm³/mol. The smallest absolute Gasteiger partial charge is 0.392 e. The van der Waals surface area contributed by atoms with Gasteiger partial charge in [0, 0.05) is 10.0 Å². The number of ether oxygens (including phenoxy) is 1. The van der Waals surface area contributed by atoms with E-state index in [0.717, 1.165) is 23.6 Å². The number of allylic oxidation sites excluding steroid dienone is 1. The Morgan fingerprint density at radius 2 is 1.90 bits per heavy atom. The maximum Gasteiger partial charge on any atom is 0.392 e. The third-order valence-electron chi connectivity index (χ3n) is 3.94. The van der Waals surface area contributed by atoms with Crippen LogP contribution in [0.15, 0.2) is 46.9 Å². The van der Waals surface area contributed by atoms with Crippen molar-refractivity contribution in [3.8, 4) is 5.75 Å². The number of carbonyl (C=O) groups is 1. The zero-order valence-corrected chi connectivity index (χ0v) is 17.9. The summed E-state index contributed by atoms with van der Waals surface area (Å²) < 4.78 is 43.8. The SMILES string of the molecule is CCCOc1c(/C=C/CC(F)(F)F)cc(Br)cc1NC(=O)Cc1ccc(C)cc1. The second kappa shape index (κ2) is 10.5. The molecule has 0 aliphatic carbocycles. The molecule has 1 N–H and O–H groups in total. The Labute approximate surface area is 177 Å². The molecular formula is C22H23BrF3NO2. The highest BCUT2D eigenvalue weighted by Crippen LogP contribution is 2.35. The molecule has 156 valence electrons. The van der Waals surface area contributed by atoms with E-state index in [4.69, 9.17) is 4.74 Å². The van der Waals surface area contributed by atoms with Crippen molar-refractivity contribution in [1.82, 2.24) is 0 Å². The molecule has 2 rings (SSSR count). The van der Waals surface area contributed by atoms with Crippen LogP contribution in [-0.2, 0) is 11.2 Å². The Balaban J connectivity index is 2.26. The summed E-state index contributed by atoms with van der Waals surface area (Å²) >= 11 is 3.35. The van der Waals surface area contributed by atoms with Crippen molar-refractivity contribution in [2.75, 3.05) is 11.9 Å². The van der Waals surface area contributed by atoms with Crippen molar-refractivity contribution >= 4 is 33.6 Å². The topological polar surface area (TPSA) is 38.3 Å². The molecule has 2 aromatic rings. The second-order valence-corrected chi connectivity index (χ2v) is 7.57. The molecular weight excluding hydrogens is 447 g/mol. The van der Waals surface area contributed by atoms with E-state index in [1.807, 2.05) is 38.1 Å². The first-order valence-electron chi connectivity index (χ1n) is 9.23. The normalized spacial score (nSPS) is 11.7. The van der Waals surface area contributed by atoms with Crippen LogP contribution in [0.3, 0.4) is 0 Å². The highest BCUT2D eigenvalue weighted by molar-refractivity contribution is 9.10. The Morgan fingerprint density at radius 1 is 1.21 bits per heavy atom. The van der Waals surface area contributed by atoms with Gasteiger partial charge in [0.1, 0.15) is 5.75 Å². The number of halogens is 4. The summed E-state index contributed by atoms with van der Waals surface area (Å²) in [5, 5.41) is 2.82. The lowest BCUT2D eigenvalue weighted by atomic mass is 10.1. The lowest BCUT2D eigenvalue weighted by Gasteiger charge is -2.16. The van der Waals surface area contributed by atoms with Gasteiger partial charge in [-0.25, -0.2) is 0 Å². The van der Waals surface area contributed by atoms with Crippen molar-refractivity contribution < 1.29 is 22.7 Å². The average molecular weight is 470 g/mol. The number of hydrogen-bond acceptors (Lipinski definition) is 2. The van der Waals surface area contributed by atoms with Gasteiger partial charge in [-0.1, -0.05) is 64.8 Å². The minimum absolute atomic E-state index is 0.180. The fraction of sp³-hybridized carbons (Fsp3) is 0.318. The van der Waals surface area contributed by atoms with E-state index in [-0.39, 0.29) is 12.3 Å². The van der Waals surface area contributed by atoms with Crippen LogP contribution in [-0.4, -0.2) is 18.7 Å². The zero-order valence-electron chi connectivity index (χ0n) is 16.3. The number of carbonyl (C=O) groups excluding carboxylic acids is 1. The van der Waals surface area contributed by atoms with E-state index in [2.05, 4.69) is 21.2 Å². The fourth-order valence-corrected chi connectivity index (χ4v) is 3.08. The lowest BCUT2D eigenvalue weighted by Crippen LogP contribution is -2.16. The molecule has 29 heavy (non-hydrogen) atoms. The molecule has 0 spiro atoms. The van der Waals surface area contributed by atoms with Crippen LogP contribution in [0.4, 0.5) is 18.9 Å². The van der Waals surface area contributed by atoms with Gasteiger partial charge in [-0.2, -0.15) is 13.2 Å². The number of amides is 1. The van der Waals surface area contributed by atoms with E-state index in [9.17, 15) is 18.0 Å². The summed E-state index contributed by atoms with van der Waals surface area (Å²) in [7, 11) is 0. The van der Waals surface area contributed by atoms with Crippen LogP contribution in [0.2, 0.25) is 0 Å². The van der Waals surface area contributed by atoms with Gasteiger partial charge >= 0.3 is 6.18 Å². The third-order valence-corrected chi connectivity index (χ3v) is 4.40. The van der Waals surface area contributed by atoms with Crippen molar-refractivity contribution in [3.63, 3.8) is 0 Å². The van der Waals surface area contributed by atoms with E-state index in [1.54, 1.807) is 12.1 Å². The molecule has 0 atom stereocenters. The van der Waals surface area contributed by atoms with Gasteiger partial charge in [0.2, 0.25) is 5.91 Å². The van der Waals surface area contributed by atoms with Crippen molar-refractivity contribution in [2.45, 2.75) is 39.3 Å². The van der Waals surface area contributed by atoms with E-state index < -0.39 is 12.6 Å². The summed E-state index contributed by atoms with van der Waals surface area (Å²) in [6.45, 7) is 4.27. The van der Waals surface area contributed by atoms with Crippen molar-refractivity contribution in [3.05, 3.63) is 63.6 Å². The molecule has 1 amide bonds. The van der Waals surface area contributed by atoms with E-state index >= 15 is 0 Å². The maximum atomic E-state index is 12.5. The Kier molecular flexibility index (Phi) is 8.32. The summed E-state index contributed by atoms with van der Waals surface area (Å²) in [5.41, 5.74) is 2.84. The van der Waals surface area contributed by atoms with E-state index in [0.29, 0.717) is 28.1 Å². The largest absolute Gasteiger partial charge is 0.491 e. The van der Waals surface area contributed by atoms with Crippen LogP contribution in [0, 0.1) is 6.92 Å². The molecule has 0 unspecified atom stereocenters.